The Morgan fingerprint density at radius 3 is 2.57 bits per heavy atom. The standard InChI is InChI=1S/C18H28N2O/c1-3-19-17(21)11-7-14-20-15(2)18(12-8-13-18)16-9-5-4-6-10-16/h4-6,9-10,15,20H,3,7-8,11-14H2,1-2H3,(H,19,21). The fraction of sp³-hybridized carbons (Fsp3) is 0.611. The Hall–Kier alpha value is -1.35. The molecule has 2 N–H and O–H groups in total. The van der Waals surface area contributed by atoms with Crippen molar-refractivity contribution in [1.82, 2.24) is 10.6 Å². The Labute approximate surface area is 128 Å². The van der Waals surface area contributed by atoms with Crippen LogP contribution in [0.15, 0.2) is 30.3 Å². The van der Waals surface area contributed by atoms with Crippen LogP contribution < -0.4 is 10.6 Å². The highest BCUT2D eigenvalue weighted by Crippen LogP contribution is 2.46. The zero-order valence-electron chi connectivity index (χ0n) is 13.3. The van der Waals surface area contributed by atoms with Crippen molar-refractivity contribution in [3.8, 4) is 0 Å². The molecule has 1 saturated carbocycles. The lowest BCUT2D eigenvalue weighted by Crippen LogP contribution is -2.51. The predicted octanol–water partition coefficient (Wildman–Crippen LogP) is 3.00. The van der Waals surface area contributed by atoms with E-state index < -0.39 is 0 Å². The molecule has 116 valence electrons. The molecule has 1 fully saturated rings. The van der Waals surface area contributed by atoms with E-state index in [-0.39, 0.29) is 5.91 Å². The molecule has 1 aliphatic carbocycles. The Bertz CT molecular complexity index is 440. The second-order valence-corrected chi connectivity index (χ2v) is 6.11. The van der Waals surface area contributed by atoms with Crippen LogP contribution in [0.1, 0.15) is 51.5 Å². The highest BCUT2D eigenvalue weighted by atomic mass is 16.1. The Morgan fingerprint density at radius 1 is 1.29 bits per heavy atom. The average molecular weight is 288 g/mol. The third kappa shape index (κ3) is 3.85. The lowest BCUT2D eigenvalue weighted by molar-refractivity contribution is -0.121. The Balaban J connectivity index is 1.82. The van der Waals surface area contributed by atoms with Gasteiger partial charge in [-0.25, -0.2) is 0 Å². The van der Waals surface area contributed by atoms with E-state index in [4.69, 9.17) is 0 Å². The van der Waals surface area contributed by atoms with Gasteiger partial charge in [0.15, 0.2) is 0 Å². The smallest absolute Gasteiger partial charge is 0.220 e. The zero-order chi connectivity index (χ0) is 15.1. The van der Waals surface area contributed by atoms with Crippen molar-refractivity contribution < 1.29 is 4.79 Å². The van der Waals surface area contributed by atoms with Gasteiger partial charge in [0.2, 0.25) is 5.91 Å². The minimum absolute atomic E-state index is 0.161. The van der Waals surface area contributed by atoms with E-state index in [1.807, 2.05) is 6.92 Å². The molecular formula is C18H28N2O. The number of rotatable bonds is 8. The summed E-state index contributed by atoms with van der Waals surface area (Å²) in [4.78, 5) is 11.4. The molecule has 1 amide bonds. The summed E-state index contributed by atoms with van der Waals surface area (Å²) in [6, 6.07) is 11.3. The second kappa shape index (κ2) is 7.60. The lowest BCUT2D eigenvalue weighted by Gasteiger charge is -2.47. The van der Waals surface area contributed by atoms with Crippen LogP contribution in [0.2, 0.25) is 0 Å². The number of hydrogen-bond donors (Lipinski definition) is 2. The number of amides is 1. The van der Waals surface area contributed by atoms with E-state index >= 15 is 0 Å². The number of carbonyl (C=O) groups is 1. The van der Waals surface area contributed by atoms with E-state index in [9.17, 15) is 4.79 Å². The van der Waals surface area contributed by atoms with Crippen molar-refractivity contribution in [2.45, 2.75) is 57.4 Å². The van der Waals surface area contributed by atoms with Crippen LogP contribution in [0.5, 0.6) is 0 Å². The molecule has 0 saturated heterocycles. The molecular weight excluding hydrogens is 260 g/mol. The lowest BCUT2D eigenvalue weighted by atomic mass is 9.60. The van der Waals surface area contributed by atoms with Crippen molar-refractivity contribution >= 4 is 5.91 Å². The van der Waals surface area contributed by atoms with Gasteiger partial charge in [-0.1, -0.05) is 36.8 Å². The second-order valence-electron chi connectivity index (χ2n) is 6.11. The molecule has 1 aromatic rings. The molecule has 0 aliphatic heterocycles. The summed E-state index contributed by atoms with van der Waals surface area (Å²) in [5, 5.41) is 6.49. The molecule has 0 radical (unpaired) electrons. The predicted molar refractivity (Wildman–Crippen MR) is 87.4 cm³/mol. The maximum atomic E-state index is 11.4. The van der Waals surface area contributed by atoms with Crippen LogP contribution >= 0.6 is 0 Å². The van der Waals surface area contributed by atoms with Gasteiger partial charge in [0.1, 0.15) is 0 Å². The molecule has 1 aliphatic rings. The largest absolute Gasteiger partial charge is 0.356 e. The van der Waals surface area contributed by atoms with Gasteiger partial charge in [-0.3, -0.25) is 4.79 Å². The van der Waals surface area contributed by atoms with Crippen molar-refractivity contribution in [3.63, 3.8) is 0 Å². The molecule has 1 unspecified atom stereocenters. The summed E-state index contributed by atoms with van der Waals surface area (Å²) >= 11 is 0. The van der Waals surface area contributed by atoms with E-state index in [0.717, 1.165) is 19.5 Å². The van der Waals surface area contributed by atoms with Crippen LogP contribution in [0.3, 0.4) is 0 Å². The number of hydrogen-bond acceptors (Lipinski definition) is 2. The monoisotopic (exact) mass is 288 g/mol. The van der Waals surface area contributed by atoms with Gasteiger partial charge < -0.3 is 10.6 Å². The first-order chi connectivity index (χ1) is 10.2. The number of carbonyl (C=O) groups excluding carboxylic acids is 1. The molecule has 0 heterocycles. The molecule has 3 nitrogen and oxygen atoms in total. The van der Waals surface area contributed by atoms with E-state index in [1.54, 1.807) is 0 Å². The topological polar surface area (TPSA) is 41.1 Å². The van der Waals surface area contributed by atoms with Gasteiger partial charge in [-0.05, 0) is 45.2 Å². The summed E-state index contributed by atoms with van der Waals surface area (Å²) in [5.41, 5.74) is 1.76. The third-order valence-electron chi connectivity index (χ3n) is 4.83. The summed E-state index contributed by atoms with van der Waals surface area (Å²) in [5.74, 6) is 0.161. The van der Waals surface area contributed by atoms with Crippen molar-refractivity contribution in [3.05, 3.63) is 35.9 Å². The molecule has 0 bridgehead atoms. The Morgan fingerprint density at radius 2 is 2.00 bits per heavy atom. The highest BCUT2D eigenvalue weighted by molar-refractivity contribution is 5.75. The van der Waals surface area contributed by atoms with Gasteiger partial charge in [-0.2, -0.15) is 0 Å². The van der Waals surface area contributed by atoms with Gasteiger partial charge in [0.25, 0.3) is 0 Å². The summed E-state index contributed by atoms with van der Waals surface area (Å²) in [7, 11) is 0. The Kier molecular flexibility index (Phi) is 5.80. The molecule has 1 atom stereocenters. The van der Waals surface area contributed by atoms with Crippen molar-refractivity contribution in [2.24, 2.45) is 0 Å². The van der Waals surface area contributed by atoms with Gasteiger partial charge >= 0.3 is 0 Å². The van der Waals surface area contributed by atoms with Crippen LogP contribution in [-0.4, -0.2) is 25.0 Å². The first-order valence-electron chi connectivity index (χ1n) is 8.24. The summed E-state index contributed by atoms with van der Waals surface area (Å²) in [6.45, 7) is 5.88. The quantitative estimate of drug-likeness (QED) is 0.722. The molecule has 1 aromatic carbocycles. The van der Waals surface area contributed by atoms with Crippen LogP contribution in [0.4, 0.5) is 0 Å². The fourth-order valence-electron chi connectivity index (χ4n) is 3.35. The first kappa shape index (κ1) is 16.0. The number of nitrogens with one attached hydrogen (secondary N) is 2. The molecule has 2 rings (SSSR count). The fourth-order valence-corrected chi connectivity index (χ4v) is 3.35. The average Bonchev–Trinajstić information content (AvgIpc) is 2.44. The molecule has 0 spiro atoms. The summed E-state index contributed by atoms with van der Waals surface area (Å²) < 4.78 is 0. The van der Waals surface area contributed by atoms with Crippen LogP contribution in [0.25, 0.3) is 0 Å². The molecule has 21 heavy (non-hydrogen) atoms. The summed E-state index contributed by atoms with van der Waals surface area (Å²) in [6.07, 6.45) is 5.37. The minimum Gasteiger partial charge on any atom is -0.356 e. The van der Waals surface area contributed by atoms with Crippen LogP contribution in [0, 0.1) is 0 Å². The molecule has 0 aromatic heterocycles. The first-order valence-corrected chi connectivity index (χ1v) is 8.24. The van der Waals surface area contributed by atoms with Crippen molar-refractivity contribution in [2.75, 3.05) is 13.1 Å². The van der Waals surface area contributed by atoms with E-state index in [2.05, 4.69) is 47.9 Å². The van der Waals surface area contributed by atoms with E-state index in [0.29, 0.717) is 17.9 Å². The van der Waals surface area contributed by atoms with Gasteiger partial charge in [-0.15, -0.1) is 0 Å². The van der Waals surface area contributed by atoms with Crippen LogP contribution in [-0.2, 0) is 10.2 Å². The molecule has 3 heteroatoms. The number of benzene rings is 1. The minimum atomic E-state index is 0.161. The van der Waals surface area contributed by atoms with Crippen molar-refractivity contribution in [1.29, 1.82) is 0 Å². The SMILES string of the molecule is CCNC(=O)CCCNC(C)C1(c2ccccc2)CCC1. The third-order valence-corrected chi connectivity index (χ3v) is 4.83. The normalized spacial score (nSPS) is 17.8. The maximum absolute atomic E-state index is 11.4. The zero-order valence-corrected chi connectivity index (χ0v) is 13.3. The van der Waals surface area contributed by atoms with Gasteiger partial charge in [0.05, 0.1) is 0 Å². The van der Waals surface area contributed by atoms with E-state index in [1.165, 1.54) is 24.8 Å². The highest BCUT2D eigenvalue weighted by Gasteiger charge is 2.42. The van der Waals surface area contributed by atoms with Gasteiger partial charge in [0, 0.05) is 24.4 Å². The maximum Gasteiger partial charge on any atom is 0.220 e.